The molecule has 1 aliphatic heterocycles. The molecule has 1 amide bonds. The number of anilines is 1. The van der Waals surface area contributed by atoms with Crippen molar-refractivity contribution in [2.75, 3.05) is 11.4 Å². The number of nitro groups is 1. The van der Waals surface area contributed by atoms with Crippen molar-refractivity contribution in [1.29, 1.82) is 0 Å². The molecule has 124 valence electrons. The van der Waals surface area contributed by atoms with E-state index in [1.807, 2.05) is 24.3 Å². The van der Waals surface area contributed by atoms with Crippen molar-refractivity contribution in [3.63, 3.8) is 0 Å². The second kappa shape index (κ2) is 6.65. The number of para-hydroxylation sites is 1. The number of carbonyl (C=O) groups is 1. The third-order valence-electron chi connectivity index (χ3n) is 4.14. The summed E-state index contributed by atoms with van der Waals surface area (Å²) in [5, 5.41) is 11.6. The maximum Gasteiger partial charge on any atom is 0.273 e. The molecule has 1 heterocycles. The Bertz CT molecular complexity index is 807. The molecule has 2 aromatic rings. The Labute approximate surface area is 144 Å². The highest BCUT2D eigenvalue weighted by Crippen LogP contribution is 2.38. The second-order valence-corrected chi connectivity index (χ2v) is 7.38. The van der Waals surface area contributed by atoms with E-state index in [1.165, 1.54) is 6.07 Å². The molecular weight excluding hydrogens is 324 g/mol. The predicted octanol–water partition coefficient (Wildman–Crippen LogP) is 4.43. The maximum absolute atomic E-state index is 13.0. The molecular formula is C18H18N2O3S. The SMILES string of the molecule is Cc1ccc(C(=O)N2CC[C@H](C)Sc3ccccc32)cc1[N+](=O)[O-]. The number of hydrogen-bond acceptors (Lipinski definition) is 4. The smallest absolute Gasteiger partial charge is 0.273 e. The molecule has 24 heavy (non-hydrogen) atoms. The van der Waals surface area contributed by atoms with Crippen LogP contribution >= 0.6 is 11.8 Å². The summed E-state index contributed by atoms with van der Waals surface area (Å²) in [5.41, 5.74) is 1.76. The summed E-state index contributed by atoms with van der Waals surface area (Å²) in [6.07, 6.45) is 0.874. The van der Waals surface area contributed by atoms with Gasteiger partial charge in [0.15, 0.2) is 0 Å². The van der Waals surface area contributed by atoms with E-state index in [9.17, 15) is 14.9 Å². The monoisotopic (exact) mass is 342 g/mol. The van der Waals surface area contributed by atoms with Crippen molar-refractivity contribution >= 4 is 29.0 Å². The molecule has 0 saturated heterocycles. The number of nitro benzene ring substituents is 1. The number of fused-ring (bicyclic) bond motifs is 1. The molecule has 0 fully saturated rings. The fourth-order valence-electron chi connectivity index (χ4n) is 2.79. The highest BCUT2D eigenvalue weighted by atomic mass is 32.2. The Kier molecular flexibility index (Phi) is 4.57. The van der Waals surface area contributed by atoms with Crippen LogP contribution in [0.4, 0.5) is 11.4 Å². The number of aryl methyl sites for hydroxylation is 1. The van der Waals surface area contributed by atoms with E-state index in [1.54, 1.807) is 35.7 Å². The largest absolute Gasteiger partial charge is 0.307 e. The van der Waals surface area contributed by atoms with Crippen LogP contribution in [0.1, 0.15) is 29.3 Å². The van der Waals surface area contributed by atoms with Crippen LogP contribution in [-0.2, 0) is 0 Å². The highest BCUT2D eigenvalue weighted by Gasteiger charge is 2.26. The van der Waals surface area contributed by atoms with E-state index >= 15 is 0 Å². The summed E-state index contributed by atoms with van der Waals surface area (Å²) >= 11 is 1.76. The van der Waals surface area contributed by atoms with E-state index in [2.05, 4.69) is 6.92 Å². The van der Waals surface area contributed by atoms with Crippen LogP contribution in [0.5, 0.6) is 0 Å². The van der Waals surface area contributed by atoms with Crippen molar-refractivity contribution < 1.29 is 9.72 Å². The topological polar surface area (TPSA) is 63.5 Å². The van der Waals surface area contributed by atoms with Crippen LogP contribution in [0, 0.1) is 17.0 Å². The minimum Gasteiger partial charge on any atom is -0.307 e. The molecule has 1 atom stereocenters. The number of rotatable bonds is 2. The fourth-order valence-corrected chi connectivity index (χ4v) is 3.91. The third kappa shape index (κ3) is 3.14. The van der Waals surface area contributed by atoms with Gasteiger partial charge < -0.3 is 4.90 Å². The van der Waals surface area contributed by atoms with Crippen LogP contribution in [0.2, 0.25) is 0 Å². The number of thioether (sulfide) groups is 1. The van der Waals surface area contributed by atoms with Crippen LogP contribution in [0.15, 0.2) is 47.4 Å². The lowest BCUT2D eigenvalue weighted by Crippen LogP contribution is -2.32. The molecule has 0 N–H and O–H groups in total. The van der Waals surface area contributed by atoms with Gasteiger partial charge in [0.2, 0.25) is 0 Å². The molecule has 0 aliphatic carbocycles. The van der Waals surface area contributed by atoms with Crippen LogP contribution < -0.4 is 4.90 Å². The molecule has 0 aromatic heterocycles. The van der Waals surface area contributed by atoms with Gasteiger partial charge in [-0.15, -0.1) is 11.8 Å². The number of nitrogens with zero attached hydrogens (tertiary/aromatic N) is 2. The predicted molar refractivity (Wildman–Crippen MR) is 95.9 cm³/mol. The third-order valence-corrected chi connectivity index (χ3v) is 5.38. The lowest BCUT2D eigenvalue weighted by Gasteiger charge is -2.22. The molecule has 3 rings (SSSR count). The lowest BCUT2D eigenvalue weighted by molar-refractivity contribution is -0.385. The zero-order chi connectivity index (χ0) is 17.3. The summed E-state index contributed by atoms with van der Waals surface area (Å²) in [6, 6.07) is 12.5. The van der Waals surface area contributed by atoms with Gasteiger partial charge in [-0.1, -0.05) is 25.1 Å². The molecule has 6 heteroatoms. The van der Waals surface area contributed by atoms with Crippen LogP contribution in [0.25, 0.3) is 0 Å². The second-order valence-electron chi connectivity index (χ2n) is 5.90. The van der Waals surface area contributed by atoms with Gasteiger partial charge in [0.1, 0.15) is 0 Å². The average Bonchev–Trinajstić information content (AvgIpc) is 2.72. The first-order valence-corrected chi connectivity index (χ1v) is 8.68. The maximum atomic E-state index is 13.0. The molecule has 1 aliphatic rings. The Morgan fingerprint density at radius 1 is 1.29 bits per heavy atom. The van der Waals surface area contributed by atoms with Crippen LogP contribution in [0.3, 0.4) is 0 Å². The van der Waals surface area contributed by atoms with Gasteiger partial charge in [-0.05, 0) is 31.5 Å². The van der Waals surface area contributed by atoms with Crippen molar-refractivity contribution in [1.82, 2.24) is 0 Å². The Balaban J connectivity index is 2.01. The summed E-state index contributed by atoms with van der Waals surface area (Å²) in [4.78, 5) is 26.5. The zero-order valence-corrected chi connectivity index (χ0v) is 14.4. The van der Waals surface area contributed by atoms with E-state index in [4.69, 9.17) is 0 Å². The molecule has 0 saturated carbocycles. The molecule has 0 spiro atoms. The van der Waals surface area contributed by atoms with Gasteiger partial charge in [-0.2, -0.15) is 0 Å². The van der Waals surface area contributed by atoms with Gasteiger partial charge in [0.25, 0.3) is 11.6 Å². The van der Waals surface area contributed by atoms with Gasteiger partial charge in [-0.3, -0.25) is 14.9 Å². The van der Waals surface area contributed by atoms with Crippen molar-refractivity contribution in [3.05, 3.63) is 63.7 Å². The van der Waals surface area contributed by atoms with E-state index in [0.717, 1.165) is 17.0 Å². The van der Waals surface area contributed by atoms with Gasteiger partial charge >= 0.3 is 0 Å². The minimum atomic E-state index is -0.444. The standard InChI is InChI=1S/C18H18N2O3S/c1-12-7-8-14(11-16(12)20(22)23)18(21)19-10-9-13(2)24-17-6-4-3-5-15(17)19/h3-8,11,13H,9-10H2,1-2H3/t13-/m0/s1. The van der Waals surface area contributed by atoms with E-state index in [-0.39, 0.29) is 11.6 Å². The Morgan fingerprint density at radius 2 is 2.04 bits per heavy atom. The zero-order valence-electron chi connectivity index (χ0n) is 13.6. The number of hydrogen-bond donors (Lipinski definition) is 0. The van der Waals surface area contributed by atoms with Crippen molar-refractivity contribution in [2.45, 2.75) is 30.4 Å². The first kappa shape index (κ1) is 16.5. The summed E-state index contributed by atoms with van der Waals surface area (Å²) in [5.74, 6) is -0.194. The average molecular weight is 342 g/mol. The molecule has 0 bridgehead atoms. The normalized spacial score (nSPS) is 17.1. The molecule has 0 unspecified atom stereocenters. The Hall–Kier alpha value is -2.34. The van der Waals surface area contributed by atoms with Gasteiger partial charge in [0, 0.05) is 33.9 Å². The Morgan fingerprint density at radius 3 is 2.79 bits per heavy atom. The highest BCUT2D eigenvalue weighted by molar-refractivity contribution is 8.00. The minimum absolute atomic E-state index is 0.0216. The van der Waals surface area contributed by atoms with Crippen molar-refractivity contribution in [3.8, 4) is 0 Å². The number of amides is 1. The van der Waals surface area contributed by atoms with Crippen molar-refractivity contribution in [2.24, 2.45) is 0 Å². The first-order chi connectivity index (χ1) is 11.5. The molecule has 2 aromatic carbocycles. The molecule has 0 radical (unpaired) electrons. The summed E-state index contributed by atoms with van der Waals surface area (Å²) in [7, 11) is 0. The van der Waals surface area contributed by atoms with Gasteiger partial charge in [-0.25, -0.2) is 0 Å². The van der Waals surface area contributed by atoms with E-state index < -0.39 is 4.92 Å². The quantitative estimate of drug-likeness (QED) is 0.598. The van der Waals surface area contributed by atoms with E-state index in [0.29, 0.717) is 22.9 Å². The fraction of sp³-hybridized carbons (Fsp3) is 0.278. The molecule has 5 nitrogen and oxygen atoms in total. The van der Waals surface area contributed by atoms with Crippen LogP contribution in [-0.4, -0.2) is 22.6 Å². The van der Waals surface area contributed by atoms with Gasteiger partial charge in [0.05, 0.1) is 10.6 Å². The lowest BCUT2D eigenvalue weighted by atomic mass is 10.1. The summed E-state index contributed by atoms with van der Waals surface area (Å²) in [6.45, 7) is 4.42. The summed E-state index contributed by atoms with van der Waals surface area (Å²) < 4.78 is 0. The number of benzene rings is 2. The number of carbonyl (C=O) groups excluding carboxylic acids is 1. The first-order valence-electron chi connectivity index (χ1n) is 7.80.